The maximum Gasteiger partial charge on any atom is 0.317 e. The van der Waals surface area contributed by atoms with Crippen molar-refractivity contribution in [1.82, 2.24) is 15.5 Å². The van der Waals surface area contributed by atoms with Gasteiger partial charge in [-0.3, -0.25) is 4.79 Å². The summed E-state index contributed by atoms with van der Waals surface area (Å²) in [4.78, 5) is 26.1. The number of fused-ring (bicyclic) bond motifs is 1. The Kier molecular flexibility index (Phi) is 4.87. The molecule has 148 valence electrons. The summed E-state index contributed by atoms with van der Waals surface area (Å²) in [6.45, 7) is 3.36. The first kappa shape index (κ1) is 18.6. The summed E-state index contributed by atoms with van der Waals surface area (Å²) >= 11 is 0. The quantitative estimate of drug-likeness (QED) is 0.856. The lowest BCUT2D eigenvalue weighted by molar-refractivity contribution is -0.120. The average molecular weight is 381 g/mol. The lowest BCUT2D eigenvalue weighted by atomic mass is 9.86. The molecule has 6 nitrogen and oxygen atoms in total. The molecule has 2 aromatic carbocycles. The van der Waals surface area contributed by atoms with E-state index in [1.807, 2.05) is 36.1 Å². The van der Waals surface area contributed by atoms with E-state index in [9.17, 15) is 9.59 Å². The summed E-state index contributed by atoms with van der Waals surface area (Å²) in [7, 11) is 1.66. The van der Waals surface area contributed by atoms with Crippen LogP contribution < -0.4 is 15.4 Å². The molecule has 2 heterocycles. The molecule has 2 aliphatic rings. The van der Waals surface area contributed by atoms with Gasteiger partial charge in [-0.15, -0.1) is 0 Å². The van der Waals surface area contributed by atoms with E-state index in [1.54, 1.807) is 7.11 Å². The maximum absolute atomic E-state index is 12.7. The van der Waals surface area contributed by atoms with Gasteiger partial charge < -0.3 is 20.3 Å². The minimum Gasteiger partial charge on any atom is -0.497 e. The molecule has 0 aliphatic carbocycles. The Bertz CT molecular complexity index is 903. The van der Waals surface area contributed by atoms with Crippen molar-refractivity contribution in [1.29, 1.82) is 0 Å². The van der Waals surface area contributed by atoms with Crippen LogP contribution in [-0.4, -0.2) is 42.6 Å². The molecule has 1 unspecified atom stereocenters. The summed E-state index contributed by atoms with van der Waals surface area (Å²) < 4.78 is 5.27. The number of carbonyl (C=O) groups excluding carboxylic acids is 2. The van der Waals surface area contributed by atoms with Crippen LogP contribution in [0.15, 0.2) is 36.4 Å². The smallest absolute Gasteiger partial charge is 0.317 e. The number of piperidine rings is 1. The minimum absolute atomic E-state index is 0.0403. The summed E-state index contributed by atoms with van der Waals surface area (Å²) in [6.07, 6.45) is 3.16. The Hall–Kier alpha value is -2.76. The fraction of sp³-hybridized carbons (Fsp3) is 0.455. The molecule has 0 saturated carbocycles. The highest BCUT2D eigenvalue weighted by atomic mass is 16.5. The van der Waals surface area contributed by atoms with E-state index < -0.39 is 0 Å². The van der Waals surface area contributed by atoms with Crippen LogP contribution in [0.3, 0.4) is 0 Å². The number of hydrogen-bond acceptors (Lipinski definition) is 3. The molecule has 2 saturated heterocycles. The van der Waals surface area contributed by atoms with Gasteiger partial charge in [-0.25, -0.2) is 4.79 Å². The van der Waals surface area contributed by atoms with E-state index in [0.29, 0.717) is 19.5 Å². The molecular formula is C22H27N3O3. The Labute approximate surface area is 165 Å². The molecule has 1 atom stereocenters. The van der Waals surface area contributed by atoms with E-state index in [0.717, 1.165) is 41.3 Å². The first-order valence-corrected chi connectivity index (χ1v) is 9.92. The molecule has 2 N–H and O–H groups in total. The third kappa shape index (κ3) is 3.63. The summed E-state index contributed by atoms with van der Waals surface area (Å²) in [5.74, 6) is 0.975. The molecule has 28 heavy (non-hydrogen) atoms. The van der Waals surface area contributed by atoms with Crippen molar-refractivity contribution in [3.63, 3.8) is 0 Å². The van der Waals surface area contributed by atoms with Crippen molar-refractivity contribution >= 4 is 22.7 Å². The normalized spacial score (nSPS) is 19.5. The predicted molar refractivity (Wildman–Crippen MR) is 108 cm³/mol. The fourth-order valence-corrected chi connectivity index (χ4v) is 4.28. The molecule has 2 aromatic rings. The number of urea groups is 1. The van der Waals surface area contributed by atoms with Gasteiger partial charge in [-0.1, -0.05) is 18.2 Å². The number of ether oxygens (including phenoxy) is 1. The van der Waals surface area contributed by atoms with Gasteiger partial charge in [0.1, 0.15) is 5.75 Å². The van der Waals surface area contributed by atoms with Crippen LogP contribution >= 0.6 is 0 Å². The molecular weight excluding hydrogens is 354 g/mol. The number of rotatable bonds is 3. The monoisotopic (exact) mass is 381 g/mol. The van der Waals surface area contributed by atoms with Crippen LogP contribution in [0.1, 0.15) is 44.2 Å². The molecule has 2 fully saturated rings. The van der Waals surface area contributed by atoms with Crippen molar-refractivity contribution < 1.29 is 14.3 Å². The van der Waals surface area contributed by atoms with Gasteiger partial charge in [0.25, 0.3) is 0 Å². The van der Waals surface area contributed by atoms with Crippen LogP contribution in [0.4, 0.5) is 4.79 Å². The Morgan fingerprint density at radius 2 is 1.86 bits per heavy atom. The molecule has 6 heteroatoms. The highest BCUT2D eigenvalue weighted by molar-refractivity contribution is 5.85. The van der Waals surface area contributed by atoms with Gasteiger partial charge in [-0.05, 0) is 60.7 Å². The number of methoxy groups -OCH3 is 1. The van der Waals surface area contributed by atoms with Crippen molar-refractivity contribution in [3.8, 4) is 5.75 Å². The third-order valence-corrected chi connectivity index (χ3v) is 6.15. The van der Waals surface area contributed by atoms with E-state index in [-0.39, 0.29) is 23.5 Å². The topological polar surface area (TPSA) is 70.7 Å². The van der Waals surface area contributed by atoms with E-state index in [1.165, 1.54) is 0 Å². The highest BCUT2D eigenvalue weighted by Crippen LogP contribution is 2.31. The van der Waals surface area contributed by atoms with E-state index in [4.69, 9.17) is 4.74 Å². The number of nitrogens with zero attached hydrogens (tertiary/aromatic N) is 1. The van der Waals surface area contributed by atoms with Crippen molar-refractivity contribution in [2.24, 2.45) is 0 Å². The Morgan fingerprint density at radius 1 is 1.14 bits per heavy atom. The number of hydrogen-bond donors (Lipinski definition) is 2. The standard InChI is InChI=1S/C22H27N3O3/c1-15(16-3-4-18-14-19(28-2)6-5-17(18)13-16)23-21(27)25-11-9-22(10-12-25)8-7-20(26)24-22/h3-6,13-15H,7-12H2,1-2H3,(H,23,27)(H,24,26). The van der Waals surface area contributed by atoms with Gasteiger partial charge in [0, 0.05) is 25.0 Å². The van der Waals surface area contributed by atoms with Gasteiger partial charge in [0.05, 0.1) is 13.2 Å². The number of nitrogens with one attached hydrogen (secondary N) is 2. The SMILES string of the molecule is COc1ccc2cc(C(C)NC(=O)N3CCC4(CCC(=O)N4)CC3)ccc2c1. The van der Waals surface area contributed by atoms with Gasteiger partial charge in [0.15, 0.2) is 0 Å². The van der Waals surface area contributed by atoms with Crippen molar-refractivity contribution in [2.75, 3.05) is 20.2 Å². The minimum atomic E-state index is -0.0844. The Morgan fingerprint density at radius 3 is 2.54 bits per heavy atom. The van der Waals surface area contributed by atoms with Gasteiger partial charge in [0.2, 0.25) is 5.91 Å². The van der Waals surface area contributed by atoms with Crippen molar-refractivity contribution in [2.45, 2.75) is 44.2 Å². The predicted octanol–water partition coefficient (Wildman–Crippen LogP) is 3.36. The Balaban J connectivity index is 1.38. The van der Waals surface area contributed by atoms with E-state index >= 15 is 0 Å². The van der Waals surface area contributed by atoms with Crippen LogP contribution in [0.25, 0.3) is 10.8 Å². The second-order valence-electron chi connectivity index (χ2n) is 7.96. The van der Waals surface area contributed by atoms with Crippen LogP contribution in [-0.2, 0) is 4.79 Å². The zero-order chi connectivity index (χ0) is 19.7. The molecule has 0 radical (unpaired) electrons. The third-order valence-electron chi connectivity index (χ3n) is 6.15. The molecule has 0 aromatic heterocycles. The van der Waals surface area contributed by atoms with Crippen molar-refractivity contribution in [3.05, 3.63) is 42.0 Å². The van der Waals surface area contributed by atoms with Crippen LogP contribution in [0.2, 0.25) is 0 Å². The molecule has 2 aliphatic heterocycles. The highest BCUT2D eigenvalue weighted by Gasteiger charge is 2.41. The zero-order valence-electron chi connectivity index (χ0n) is 16.5. The largest absolute Gasteiger partial charge is 0.497 e. The summed E-state index contributed by atoms with van der Waals surface area (Å²) in [5.41, 5.74) is 0.987. The number of carbonyl (C=O) groups is 2. The summed E-state index contributed by atoms with van der Waals surface area (Å²) in [6, 6.07) is 12.1. The molecule has 0 bridgehead atoms. The first-order chi connectivity index (χ1) is 13.5. The lowest BCUT2D eigenvalue weighted by Gasteiger charge is -2.39. The second kappa shape index (κ2) is 7.34. The molecule has 4 rings (SSSR count). The van der Waals surface area contributed by atoms with Gasteiger partial charge in [-0.2, -0.15) is 0 Å². The van der Waals surface area contributed by atoms with Crippen LogP contribution in [0.5, 0.6) is 5.75 Å². The molecule has 3 amide bonds. The number of likely N-dealkylation sites (tertiary alicyclic amines) is 1. The summed E-state index contributed by atoms with van der Waals surface area (Å²) in [5, 5.41) is 8.46. The zero-order valence-corrected chi connectivity index (χ0v) is 16.5. The van der Waals surface area contributed by atoms with Crippen LogP contribution in [0, 0.1) is 0 Å². The maximum atomic E-state index is 12.7. The molecule has 1 spiro atoms. The lowest BCUT2D eigenvalue weighted by Crippen LogP contribution is -2.54. The van der Waals surface area contributed by atoms with E-state index in [2.05, 4.69) is 22.8 Å². The number of amides is 3. The number of benzene rings is 2. The average Bonchev–Trinajstić information content (AvgIpc) is 3.07. The second-order valence-corrected chi connectivity index (χ2v) is 7.96. The fourth-order valence-electron chi connectivity index (χ4n) is 4.28. The van der Waals surface area contributed by atoms with Gasteiger partial charge >= 0.3 is 6.03 Å². The first-order valence-electron chi connectivity index (χ1n) is 9.92.